The number of sulfonamides is 1. The summed E-state index contributed by atoms with van der Waals surface area (Å²) in [6, 6.07) is 4.45. The van der Waals surface area contributed by atoms with E-state index in [-0.39, 0.29) is 9.92 Å². The molecule has 0 aliphatic carbocycles. The van der Waals surface area contributed by atoms with Gasteiger partial charge in [-0.05, 0) is 38.2 Å². The van der Waals surface area contributed by atoms with E-state index in [4.69, 9.17) is 16.3 Å². The SMILES string of the molecule is CNCCCN(C)S(=O)(=O)c1ccc(OC)c(Cl)c1. The Morgan fingerprint density at radius 3 is 2.63 bits per heavy atom. The average molecular weight is 307 g/mol. The minimum Gasteiger partial charge on any atom is -0.495 e. The van der Waals surface area contributed by atoms with Crippen LogP contribution in [0.2, 0.25) is 5.02 Å². The molecule has 1 aromatic rings. The third-order valence-corrected chi connectivity index (χ3v) is 4.88. The second-order valence-corrected chi connectivity index (χ2v) is 6.53. The normalized spacial score (nSPS) is 11.8. The van der Waals surface area contributed by atoms with Crippen molar-refractivity contribution in [3.8, 4) is 5.75 Å². The molecule has 0 aliphatic heterocycles. The van der Waals surface area contributed by atoms with Gasteiger partial charge in [-0.25, -0.2) is 12.7 Å². The molecule has 7 heteroatoms. The number of methoxy groups -OCH3 is 1. The lowest BCUT2D eigenvalue weighted by molar-refractivity contribution is 0.414. The number of nitrogens with zero attached hydrogens (tertiary/aromatic N) is 1. The fourth-order valence-electron chi connectivity index (χ4n) is 1.59. The number of ether oxygens (including phenoxy) is 1. The summed E-state index contributed by atoms with van der Waals surface area (Å²) in [4.78, 5) is 0.172. The van der Waals surface area contributed by atoms with E-state index < -0.39 is 10.0 Å². The first kappa shape index (κ1) is 16.2. The highest BCUT2D eigenvalue weighted by Crippen LogP contribution is 2.28. The van der Waals surface area contributed by atoms with Crippen molar-refractivity contribution in [3.63, 3.8) is 0 Å². The molecular weight excluding hydrogens is 288 g/mol. The lowest BCUT2D eigenvalue weighted by atomic mass is 10.3. The van der Waals surface area contributed by atoms with Gasteiger partial charge in [0.15, 0.2) is 0 Å². The number of benzene rings is 1. The van der Waals surface area contributed by atoms with E-state index >= 15 is 0 Å². The highest BCUT2D eigenvalue weighted by molar-refractivity contribution is 7.89. The molecule has 0 atom stereocenters. The molecule has 0 bridgehead atoms. The summed E-state index contributed by atoms with van der Waals surface area (Å²) < 4.78 is 30.9. The topological polar surface area (TPSA) is 58.6 Å². The van der Waals surface area contributed by atoms with E-state index in [1.807, 2.05) is 7.05 Å². The zero-order valence-electron chi connectivity index (χ0n) is 11.3. The molecule has 0 heterocycles. The largest absolute Gasteiger partial charge is 0.495 e. The van der Waals surface area contributed by atoms with Crippen molar-refractivity contribution in [1.29, 1.82) is 0 Å². The van der Waals surface area contributed by atoms with Crippen LogP contribution in [0.25, 0.3) is 0 Å². The van der Waals surface area contributed by atoms with Crippen molar-refractivity contribution >= 4 is 21.6 Å². The first-order valence-corrected chi connectivity index (χ1v) is 7.69. The quantitative estimate of drug-likeness (QED) is 0.777. The molecule has 0 unspecified atom stereocenters. The fourth-order valence-corrected chi connectivity index (χ4v) is 3.14. The summed E-state index contributed by atoms with van der Waals surface area (Å²) in [7, 11) is 1.37. The van der Waals surface area contributed by atoms with E-state index in [9.17, 15) is 8.42 Å². The van der Waals surface area contributed by atoms with Gasteiger partial charge in [-0.2, -0.15) is 0 Å². The smallest absolute Gasteiger partial charge is 0.242 e. The Labute approximate surface area is 119 Å². The predicted molar refractivity (Wildman–Crippen MR) is 76.4 cm³/mol. The van der Waals surface area contributed by atoms with Crippen LogP contribution in [0.5, 0.6) is 5.75 Å². The van der Waals surface area contributed by atoms with E-state index in [2.05, 4.69) is 5.32 Å². The van der Waals surface area contributed by atoms with Gasteiger partial charge in [0.2, 0.25) is 10.0 Å². The molecule has 0 radical (unpaired) electrons. The zero-order valence-corrected chi connectivity index (χ0v) is 12.9. The lowest BCUT2D eigenvalue weighted by Crippen LogP contribution is -2.29. The van der Waals surface area contributed by atoms with Crippen LogP contribution >= 0.6 is 11.6 Å². The second kappa shape index (κ2) is 7.09. The van der Waals surface area contributed by atoms with Gasteiger partial charge in [0.05, 0.1) is 17.0 Å². The standard InChI is InChI=1S/C12H19ClN2O3S/c1-14-7-4-8-15(2)19(16,17)10-5-6-12(18-3)11(13)9-10/h5-6,9,14H,4,7-8H2,1-3H3. The molecule has 0 aromatic heterocycles. The molecule has 5 nitrogen and oxygen atoms in total. The van der Waals surface area contributed by atoms with Crippen LogP contribution in [0, 0.1) is 0 Å². The van der Waals surface area contributed by atoms with E-state index in [0.29, 0.717) is 12.3 Å². The third-order valence-electron chi connectivity index (χ3n) is 2.73. The minimum absolute atomic E-state index is 0.172. The fraction of sp³-hybridized carbons (Fsp3) is 0.500. The summed E-state index contributed by atoms with van der Waals surface area (Å²) in [6.45, 7) is 1.22. The lowest BCUT2D eigenvalue weighted by Gasteiger charge is -2.17. The maximum atomic E-state index is 12.3. The molecule has 0 saturated heterocycles. The van der Waals surface area contributed by atoms with Gasteiger partial charge in [0, 0.05) is 13.6 Å². The molecule has 1 rings (SSSR count). The van der Waals surface area contributed by atoms with E-state index in [1.165, 1.54) is 23.5 Å². The molecule has 19 heavy (non-hydrogen) atoms. The summed E-state index contributed by atoms with van der Waals surface area (Å²) in [5.41, 5.74) is 0. The summed E-state index contributed by atoms with van der Waals surface area (Å²) in [5, 5.41) is 3.26. The number of hydrogen-bond donors (Lipinski definition) is 1. The first-order valence-electron chi connectivity index (χ1n) is 5.88. The van der Waals surface area contributed by atoms with E-state index in [0.717, 1.165) is 13.0 Å². The molecule has 0 aliphatic rings. The monoisotopic (exact) mass is 306 g/mol. The van der Waals surface area contributed by atoms with Gasteiger partial charge in [0.1, 0.15) is 5.75 Å². The Morgan fingerprint density at radius 2 is 2.11 bits per heavy atom. The molecular formula is C12H19ClN2O3S. The van der Waals surface area contributed by atoms with E-state index in [1.54, 1.807) is 13.1 Å². The Morgan fingerprint density at radius 1 is 1.42 bits per heavy atom. The summed E-state index contributed by atoms with van der Waals surface area (Å²) in [6.07, 6.45) is 0.746. The van der Waals surface area contributed by atoms with Gasteiger partial charge < -0.3 is 10.1 Å². The van der Waals surface area contributed by atoms with Gasteiger partial charge >= 0.3 is 0 Å². The van der Waals surface area contributed by atoms with Crippen LogP contribution in [0.15, 0.2) is 23.1 Å². The predicted octanol–water partition coefficient (Wildman–Crippen LogP) is 1.58. The minimum atomic E-state index is -3.50. The van der Waals surface area contributed by atoms with Crippen LogP contribution in [0.1, 0.15) is 6.42 Å². The van der Waals surface area contributed by atoms with Crippen molar-refractivity contribution < 1.29 is 13.2 Å². The Balaban J connectivity index is 2.90. The van der Waals surface area contributed by atoms with Gasteiger partial charge in [0.25, 0.3) is 0 Å². The highest BCUT2D eigenvalue weighted by atomic mass is 35.5. The molecule has 1 N–H and O–H groups in total. The van der Waals surface area contributed by atoms with Crippen LogP contribution in [-0.4, -0.2) is 47.0 Å². The van der Waals surface area contributed by atoms with Gasteiger partial charge in [-0.15, -0.1) is 0 Å². The molecule has 0 spiro atoms. The number of hydrogen-bond acceptors (Lipinski definition) is 4. The number of rotatable bonds is 7. The second-order valence-electron chi connectivity index (χ2n) is 4.08. The summed E-state index contributed by atoms with van der Waals surface area (Å²) >= 11 is 5.95. The van der Waals surface area contributed by atoms with Crippen molar-refractivity contribution in [2.75, 3.05) is 34.3 Å². The molecule has 1 aromatic carbocycles. The Bertz CT molecular complexity index is 520. The van der Waals surface area contributed by atoms with Crippen molar-refractivity contribution in [3.05, 3.63) is 23.2 Å². The van der Waals surface area contributed by atoms with Crippen molar-refractivity contribution in [2.45, 2.75) is 11.3 Å². The molecule has 0 fully saturated rings. The zero-order chi connectivity index (χ0) is 14.5. The number of halogens is 1. The number of nitrogens with one attached hydrogen (secondary N) is 1. The van der Waals surface area contributed by atoms with Crippen LogP contribution in [0.3, 0.4) is 0 Å². The van der Waals surface area contributed by atoms with Gasteiger partial charge in [-0.3, -0.25) is 0 Å². The first-order chi connectivity index (χ1) is 8.93. The van der Waals surface area contributed by atoms with Crippen LogP contribution in [0.4, 0.5) is 0 Å². The molecule has 108 valence electrons. The van der Waals surface area contributed by atoms with Crippen LogP contribution in [-0.2, 0) is 10.0 Å². The molecule has 0 amide bonds. The summed E-state index contributed by atoms with van der Waals surface area (Å²) in [5.74, 6) is 0.457. The van der Waals surface area contributed by atoms with Crippen molar-refractivity contribution in [1.82, 2.24) is 9.62 Å². The van der Waals surface area contributed by atoms with Crippen LogP contribution < -0.4 is 10.1 Å². The highest BCUT2D eigenvalue weighted by Gasteiger charge is 2.21. The maximum absolute atomic E-state index is 12.3. The molecule has 0 saturated carbocycles. The van der Waals surface area contributed by atoms with Gasteiger partial charge in [-0.1, -0.05) is 11.6 Å². The maximum Gasteiger partial charge on any atom is 0.242 e. The average Bonchev–Trinajstić information content (AvgIpc) is 2.38. The Kier molecular flexibility index (Phi) is 6.06. The third kappa shape index (κ3) is 4.07. The van der Waals surface area contributed by atoms with Crippen molar-refractivity contribution in [2.24, 2.45) is 0 Å². The Hall–Kier alpha value is -0.820.